The standard InChI is InChI=1S/C33H35N3O5/c1-5-39-32(37)25-26-29-28(35-23-16-18(3)19(4)17-24(23)36-29)21-14-10-11-15-22(21)30(26)41-31(27(25)33(38)40-6-2)34-20-12-8-7-9-13-20/h10-11,14-17,20,25,34H,5-9,12-13H2,1-4H3. The molecule has 1 aromatic heterocycles. The van der Waals surface area contributed by atoms with Gasteiger partial charge in [0, 0.05) is 22.4 Å². The molecule has 2 heterocycles. The van der Waals surface area contributed by atoms with Crippen molar-refractivity contribution in [3.8, 4) is 5.75 Å². The highest BCUT2D eigenvalue weighted by molar-refractivity contribution is 6.14. The van der Waals surface area contributed by atoms with E-state index >= 15 is 0 Å². The molecule has 8 nitrogen and oxygen atoms in total. The first-order chi connectivity index (χ1) is 19.9. The van der Waals surface area contributed by atoms with Crippen LogP contribution in [0.1, 0.15) is 68.6 Å². The largest absolute Gasteiger partial charge is 0.465 e. The fourth-order valence-corrected chi connectivity index (χ4v) is 6.06. The molecule has 1 unspecified atom stereocenters. The summed E-state index contributed by atoms with van der Waals surface area (Å²) in [6.45, 7) is 7.90. The predicted molar refractivity (Wildman–Crippen MR) is 158 cm³/mol. The highest BCUT2D eigenvalue weighted by atomic mass is 16.5. The van der Waals surface area contributed by atoms with Gasteiger partial charge in [0.15, 0.2) is 0 Å². The maximum Gasteiger partial charge on any atom is 0.340 e. The molecule has 41 heavy (non-hydrogen) atoms. The Kier molecular flexibility index (Phi) is 7.24. The second-order valence-corrected chi connectivity index (χ2v) is 10.9. The van der Waals surface area contributed by atoms with Gasteiger partial charge in [0.05, 0.1) is 35.3 Å². The van der Waals surface area contributed by atoms with Gasteiger partial charge in [0.1, 0.15) is 17.2 Å². The highest BCUT2D eigenvalue weighted by Crippen LogP contribution is 2.48. The number of carbonyl (C=O) groups excluding carboxylic acids is 2. The van der Waals surface area contributed by atoms with E-state index in [4.69, 9.17) is 24.2 Å². The number of ether oxygens (including phenoxy) is 3. The summed E-state index contributed by atoms with van der Waals surface area (Å²) in [5, 5.41) is 5.12. The predicted octanol–water partition coefficient (Wildman–Crippen LogP) is 6.29. The van der Waals surface area contributed by atoms with Crippen LogP contribution in [0.2, 0.25) is 0 Å². The zero-order valence-electron chi connectivity index (χ0n) is 24.0. The van der Waals surface area contributed by atoms with E-state index in [0.717, 1.165) is 53.1 Å². The van der Waals surface area contributed by atoms with E-state index in [1.54, 1.807) is 13.8 Å². The molecule has 1 aliphatic carbocycles. The normalized spacial score (nSPS) is 17.4. The third kappa shape index (κ3) is 4.75. The van der Waals surface area contributed by atoms with Crippen LogP contribution in [0.15, 0.2) is 47.9 Å². The highest BCUT2D eigenvalue weighted by Gasteiger charge is 2.44. The van der Waals surface area contributed by atoms with Crippen molar-refractivity contribution in [2.75, 3.05) is 13.2 Å². The summed E-state index contributed by atoms with van der Waals surface area (Å²) in [5.41, 5.74) is 5.40. The molecule has 6 rings (SSSR count). The van der Waals surface area contributed by atoms with E-state index < -0.39 is 17.9 Å². The average Bonchev–Trinajstić information content (AvgIpc) is 2.97. The van der Waals surface area contributed by atoms with Crippen molar-refractivity contribution in [3.63, 3.8) is 0 Å². The monoisotopic (exact) mass is 553 g/mol. The van der Waals surface area contributed by atoms with E-state index in [2.05, 4.69) is 5.32 Å². The van der Waals surface area contributed by atoms with Crippen molar-refractivity contribution in [1.82, 2.24) is 15.3 Å². The van der Waals surface area contributed by atoms with Crippen LogP contribution in [-0.2, 0) is 19.1 Å². The molecule has 1 aliphatic heterocycles. The average molecular weight is 554 g/mol. The van der Waals surface area contributed by atoms with Gasteiger partial charge in [-0.05, 0) is 63.8 Å². The first-order valence-corrected chi connectivity index (χ1v) is 14.6. The third-order valence-electron chi connectivity index (χ3n) is 8.19. The minimum Gasteiger partial charge on any atom is -0.465 e. The van der Waals surface area contributed by atoms with Crippen molar-refractivity contribution in [1.29, 1.82) is 0 Å². The Hall–Kier alpha value is -4.20. The molecule has 4 aromatic rings. The molecule has 1 saturated carbocycles. The number of aryl methyl sites for hydroxylation is 2. The fourth-order valence-electron chi connectivity index (χ4n) is 6.06. The lowest BCUT2D eigenvalue weighted by Gasteiger charge is -2.33. The molecule has 0 radical (unpaired) electrons. The number of hydrogen-bond acceptors (Lipinski definition) is 8. The van der Waals surface area contributed by atoms with Crippen molar-refractivity contribution in [3.05, 3.63) is 64.5 Å². The summed E-state index contributed by atoms with van der Waals surface area (Å²) in [6, 6.07) is 12.0. The second kappa shape index (κ2) is 11.0. The van der Waals surface area contributed by atoms with Crippen LogP contribution in [0.5, 0.6) is 5.75 Å². The van der Waals surface area contributed by atoms with Gasteiger partial charge >= 0.3 is 11.9 Å². The molecule has 0 bridgehead atoms. The molecule has 0 spiro atoms. The molecule has 2 aliphatic rings. The lowest BCUT2D eigenvalue weighted by atomic mass is 9.85. The Morgan fingerprint density at radius 1 is 0.902 bits per heavy atom. The van der Waals surface area contributed by atoms with Gasteiger partial charge in [-0.15, -0.1) is 0 Å². The maximum absolute atomic E-state index is 13.9. The lowest BCUT2D eigenvalue weighted by molar-refractivity contribution is -0.147. The minimum atomic E-state index is -1.10. The summed E-state index contributed by atoms with van der Waals surface area (Å²) in [7, 11) is 0. The number of fused-ring (bicyclic) bond motifs is 7. The number of carbonyl (C=O) groups is 2. The summed E-state index contributed by atoms with van der Waals surface area (Å²) < 4.78 is 17.8. The Morgan fingerprint density at radius 2 is 1.54 bits per heavy atom. The van der Waals surface area contributed by atoms with Crippen LogP contribution in [0.3, 0.4) is 0 Å². The number of hydrogen-bond donors (Lipinski definition) is 1. The minimum absolute atomic E-state index is 0.113. The summed E-state index contributed by atoms with van der Waals surface area (Å²) in [6.07, 6.45) is 5.27. The zero-order chi connectivity index (χ0) is 28.7. The summed E-state index contributed by atoms with van der Waals surface area (Å²) >= 11 is 0. The number of aromatic nitrogens is 2. The number of nitrogens with one attached hydrogen (secondary N) is 1. The Labute approximate surface area is 239 Å². The molecule has 0 saturated heterocycles. The van der Waals surface area contributed by atoms with Crippen LogP contribution >= 0.6 is 0 Å². The molecular formula is C33H35N3O5. The molecule has 1 N–H and O–H groups in total. The number of benzene rings is 3. The van der Waals surface area contributed by atoms with Crippen molar-refractivity contribution in [2.45, 2.75) is 71.8 Å². The van der Waals surface area contributed by atoms with Gasteiger partial charge in [0.2, 0.25) is 5.88 Å². The van der Waals surface area contributed by atoms with Gasteiger partial charge < -0.3 is 19.5 Å². The van der Waals surface area contributed by atoms with E-state index in [-0.39, 0.29) is 30.7 Å². The van der Waals surface area contributed by atoms with Crippen molar-refractivity contribution in [2.24, 2.45) is 0 Å². The van der Waals surface area contributed by atoms with Crippen molar-refractivity contribution >= 4 is 44.8 Å². The van der Waals surface area contributed by atoms with Crippen LogP contribution in [0.4, 0.5) is 0 Å². The smallest absolute Gasteiger partial charge is 0.340 e. The van der Waals surface area contributed by atoms with E-state index in [0.29, 0.717) is 27.9 Å². The molecular weight excluding hydrogens is 518 g/mol. The Morgan fingerprint density at radius 3 is 2.20 bits per heavy atom. The van der Waals surface area contributed by atoms with Gasteiger partial charge in [-0.2, -0.15) is 0 Å². The fraction of sp³-hybridized carbons (Fsp3) is 0.394. The van der Waals surface area contributed by atoms with E-state index in [1.807, 2.05) is 50.2 Å². The van der Waals surface area contributed by atoms with Crippen LogP contribution < -0.4 is 10.1 Å². The topological polar surface area (TPSA) is 99.6 Å². The van der Waals surface area contributed by atoms with Crippen LogP contribution in [-0.4, -0.2) is 41.2 Å². The van der Waals surface area contributed by atoms with Crippen molar-refractivity contribution < 1.29 is 23.8 Å². The van der Waals surface area contributed by atoms with Crippen LogP contribution in [0.25, 0.3) is 32.8 Å². The Bertz CT molecular complexity index is 1720. The van der Waals surface area contributed by atoms with Gasteiger partial charge in [-0.1, -0.05) is 43.5 Å². The molecule has 8 heteroatoms. The molecule has 3 aromatic carbocycles. The zero-order valence-corrected chi connectivity index (χ0v) is 24.0. The quantitative estimate of drug-likeness (QED) is 0.169. The SMILES string of the molecule is CCOC(=O)C1=C(NC2CCCCC2)Oc2c(c3nc4cc(C)c(C)cc4nc3c3ccccc23)C1C(=O)OCC. The molecule has 212 valence electrons. The van der Waals surface area contributed by atoms with Crippen LogP contribution in [0, 0.1) is 13.8 Å². The summed E-state index contributed by atoms with van der Waals surface area (Å²) in [5.74, 6) is -1.53. The summed E-state index contributed by atoms with van der Waals surface area (Å²) in [4.78, 5) is 37.6. The van der Waals surface area contributed by atoms with E-state index in [9.17, 15) is 9.59 Å². The lowest BCUT2D eigenvalue weighted by Crippen LogP contribution is -2.39. The van der Waals surface area contributed by atoms with Gasteiger partial charge in [0.25, 0.3) is 0 Å². The molecule has 0 amide bonds. The second-order valence-electron chi connectivity index (χ2n) is 10.9. The third-order valence-corrected chi connectivity index (χ3v) is 8.19. The Balaban J connectivity index is 1.69. The maximum atomic E-state index is 13.9. The number of esters is 2. The first kappa shape index (κ1) is 27.0. The number of rotatable bonds is 6. The van der Waals surface area contributed by atoms with Gasteiger partial charge in [-0.25, -0.2) is 14.8 Å². The first-order valence-electron chi connectivity index (χ1n) is 14.6. The molecule has 1 fully saturated rings. The number of nitrogens with zero attached hydrogens (tertiary/aromatic N) is 2. The van der Waals surface area contributed by atoms with E-state index in [1.165, 1.54) is 6.42 Å². The van der Waals surface area contributed by atoms with Gasteiger partial charge in [-0.3, -0.25) is 4.79 Å². The molecule has 1 atom stereocenters.